The van der Waals surface area contributed by atoms with Gasteiger partial charge < -0.3 is 9.15 Å². The Morgan fingerprint density at radius 3 is 2.50 bits per heavy atom. The number of nitrogens with zero attached hydrogens (tertiary/aromatic N) is 3. The Kier molecular flexibility index (Phi) is 5.17. The average Bonchev–Trinajstić information content (AvgIpc) is 3.22. The van der Waals surface area contributed by atoms with Gasteiger partial charge in [0.05, 0.1) is 34.3 Å². The van der Waals surface area contributed by atoms with Crippen molar-refractivity contribution in [3.05, 3.63) is 92.7 Å². The van der Waals surface area contributed by atoms with Crippen LogP contribution < -0.4 is 10.3 Å². The number of hydrogen-bond donors (Lipinski definition) is 0. The van der Waals surface area contributed by atoms with E-state index in [1.54, 1.807) is 30.3 Å². The summed E-state index contributed by atoms with van der Waals surface area (Å²) in [7, 11) is 1.49. The quantitative estimate of drug-likeness (QED) is 0.306. The van der Waals surface area contributed by atoms with E-state index in [1.807, 2.05) is 36.4 Å². The maximum Gasteiger partial charge on any atom is 0.282 e. The third-order valence-electron chi connectivity index (χ3n) is 4.95. The fraction of sp³-hybridized carbons (Fsp3) is 0.0417. The molecular formula is C24H15Cl2N3O3. The number of ether oxygens (including phenoxy) is 1. The number of benzene rings is 3. The number of methoxy groups -OCH3 is 1. The number of fused-ring (bicyclic) bond motifs is 2. The van der Waals surface area contributed by atoms with Crippen LogP contribution in [0.5, 0.6) is 5.75 Å². The lowest BCUT2D eigenvalue weighted by Gasteiger charge is -2.08. The lowest BCUT2D eigenvalue weighted by Crippen LogP contribution is -2.20. The van der Waals surface area contributed by atoms with Crippen LogP contribution in [0.2, 0.25) is 10.0 Å². The van der Waals surface area contributed by atoms with Crippen molar-refractivity contribution in [3.8, 4) is 17.3 Å². The maximum atomic E-state index is 13.3. The molecule has 0 aliphatic rings. The third kappa shape index (κ3) is 3.53. The Bertz CT molecular complexity index is 1510. The lowest BCUT2D eigenvalue weighted by molar-refractivity contribution is 0.415. The van der Waals surface area contributed by atoms with Gasteiger partial charge in [-0.1, -0.05) is 53.5 Å². The highest BCUT2D eigenvalue weighted by atomic mass is 35.5. The summed E-state index contributed by atoms with van der Waals surface area (Å²) < 4.78 is 12.4. The minimum absolute atomic E-state index is 0.284. The number of furan rings is 1. The Labute approximate surface area is 192 Å². The monoisotopic (exact) mass is 463 g/mol. The summed E-state index contributed by atoms with van der Waals surface area (Å²) in [4.78, 5) is 17.9. The summed E-state index contributed by atoms with van der Waals surface area (Å²) in [5, 5.41) is 6.42. The van der Waals surface area contributed by atoms with E-state index in [4.69, 9.17) is 32.4 Å². The van der Waals surface area contributed by atoms with E-state index >= 15 is 0 Å². The van der Waals surface area contributed by atoms with Gasteiger partial charge in [-0.25, -0.2) is 4.98 Å². The van der Waals surface area contributed by atoms with Crippen LogP contribution in [-0.4, -0.2) is 23.0 Å². The zero-order valence-corrected chi connectivity index (χ0v) is 18.3. The highest BCUT2D eigenvalue weighted by Gasteiger charge is 2.16. The summed E-state index contributed by atoms with van der Waals surface area (Å²) in [6.07, 6.45) is 1.49. The molecule has 0 fully saturated rings. The summed E-state index contributed by atoms with van der Waals surface area (Å²) in [6, 6.07) is 19.8. The number of hydrogen-bond acceptors (Lipinski definition) is 5. The molecule has 0 aliphatic carbocycles. The number of rotatable bonds is 4. The number of para-hydroxylation sites is 2. The Morgan fingerprint density at radius 2 is 1.75 bits per heavy atom. The molecule has 2 aromatic heterocycles. The third-order valence-corrected chi connectivity index (χ3v) is 5.51. The van der Waals surface area contributed by atoms with E-state index in [0.717, 1.165) is 5.39 Å². The summed E-state index contributed by atoms with van der Waals surface area (Å²) >= 11 is 12.5. The molecule has 0 amide bonds. The zero-order chi connectivity index (χ0) is 22.2. The molecule has 8 heteroatoms. The van der Waals surface area contributed by atoms with Crippen LogP contribution in [0, 0.1) is 0 Å². The predicted molar refractivity (Wildman–Crippen MR) is 127 cm³/mol. The predicted octanol–water partition coefficient (Wildman–Crippen LogP) is 6.01. The molecule has 0 N–H and O–H groups in total. The van der Waals surface area contributed by atoms with Crippen molar-refractivity contribution < 1.29 is 9.15 Å². The largest absolute Gasteiger partial charge is 0.494 e. The Balaban J connectivity index is 1.71. The van der Waals surface area contributed by atoms with Crippen molar-refractivity contribution in [2.75, 3.05) is 7.11 Å². The second-order valence-electron chi connectivity index (χ2n) is 6.98. The molecule has 32 heavy (non-hydrogen) atoms. The summed E-state index contributed by atoms with van der Waals surface area (Å²) in [5.74, 6) is 1.09. The van der Waals surface area contributed by atoms with Gasteiger partial charge in [0.2, 0.25) is 5.82 Å². The Morgan fingerprint density at radius 1 is 1.03 bits per heavy atom. The molecule has 3 aromatic carbocycles. The van der Waals surface area contributed by atoms with Crippen LogP contribution in [0.4, 0.5) is 0 Å². The summed E-state index contributed by atoms with van der Waals surface area (Å²) in [5.41, 5.74) is 1.51. The molecule has 2 heterocycles. The van der Waals surface area contributed by atoms with E-state index in [9.17, 15) is 4.79 Å². The first-order chi connectivity index (χ1) is 15.5. The van der Waals surface area contributed by atoms with Gasteiger partial charge in [0.15, 0.2) is 11.5 Å². The van der Waals surface area contributed by atoms with Gasteiger partial charge in [0, 0.05) is 5.39 Å². The SMILES string of the molecule is COc1c(Cl)cc(C=Nn2c(-c3cc4ccccc4o3)nc3ccccc3c2=O)cc1Cl. The Hall–Kier alpha value is -3.61. The van der Waals surface area contributed by atoms with Crippen LogP contribution >= 0.6 is 23.2 Å². The van der Waals surface area contributed by atoms with Crippen molar-refractivity contribution in [1.29, 1.82) is 0 Å². The fourth-order valence-corrected chi connectivity index (χ4v) is 4.11. The zero-order valence-electron chi connectivity index (χ0n) is 16.8. The van der Waals surface area contributed by atoms with Crippen molar-refractivity contribution in [2.24, 2.45) is 5.10 Å². The van der Waals surface area contributed by atoms with Gasteiger partial charge >= 0.3 is 0 Å². The normalized spacial score (nSPS) is 11.6. The lowest BCUT2D eigenvalue weighted by atomic mass is 10.2. The molecule has 158 valence electrons. The first-order valence-electron chi connectivity index (χ1n) is 9.63. The fourth-order valence-electron chi connectivity index (χ4n) is 3.46. The second kappa shape index (κ2) is 8.15. The summed E-state index contributed by atoms with van der Waals surface area (Å²) in [6.45, 7) is 0. The molecular weight excluding hydrogens is 449 g/mol. The van der Waals surface area contributed by atoms with E-state index < -0.39 is 0 Å². The first-order valence-corrected chi connectivity index (χ1v) is 10.4. The first kappa shape index (κ1) is 20.3. The van der Waals surface area contributed by atoms with Gasteiger partial charge in [0.25, 0.3) is 5.56 Å². The molecule has 5 aromatic rings. The molecule has 6 nitrogen and oxygen atoms in total. The van der Waals surface area contributed by atoms with Crippen molar-refractivity contribution in [2.45, 2.75) is 0 Å². The highest BCUT2D eigenvalue weighted by molar-refractivity contribution is 6.37. The van der Waals surface area contributed by atoms with Gasteiger partial charge in [-0.15, -0.1) is 0 Å². The van der Waals surface area contributed by atoms with Crippen molar-refractivity contribution >= 4 is 51.3 Å². The van der Waals surface area contributed by atoms with Crippen LogP contribution in [0.1, 0.15) is 5.56 Å². The van der Waals surface area contributed by atoms with E-state index in [0.29, 0.717) is 43.6 Å². The maximum absolute atomic E-state index is 13.3. The molecule has 0 saturated carbocycles. The minimum Gasteiger partial charge on any atom is -0.494 e. The molecule has 0 saturated heterocycles. The molecule has 0 radical (unpaired) electrons. The van der Waals surface area contributed by atoms with E-state index in [-0.39, 0.29) is 11.4 Å². The molecule has 0 atom stereocenters. The molecule has 0 unspecified atom stereocenters. The topological polar surface area (TPSA) is 69.6 Å². The average molecular weight is 464 g/mol. The van der Waals surface area contributed by atoms with E-state index in [2.05, 4.69) is 10.1 Å². The van der Waals surface area contributed by atoms with Gasteiger partial charge in [0.1, 0.15) is 5.58 Å². The van der Waals surface area contributed by atoms with Gasteiger partial charge in [-0.05, 0) is 42.0 Å². The van der Waals surface area contributed by atoms with Crippen LogP contribution in [-0.2, 0) is 0 Å². The number of aromatic nitrogens is 2. The minimum atomic E-state index is -0.326. The van der Waals surface area contributed by atoms with Gasteiger partial charge in [-0.3, -0.25) is 4.79 Å². The van der Waals surface area contributed by atoms with Crippen molar-refractivity contribution in [1.82, 2.24) is 9.66 Å². The molecule has 0 aliphatic heterocycles. The van der Waals surface area contributed by atoms with Gasteiger partial charge in [-0.2, -0.15) is 9.78 Å². The van der Waals surface area contributed by atoms with Crippen molar-refractivity contribution in [3.63, 3.8) is 0 Å². The van der Waals surface area contributed by atoms with E-state index in [1.165, 1.54) is 18.0 Å². The molecule has 0 spiro atoms. The van der Waals surface area contributed by atoms with Crippen LogP contribution in [0.25, 0.3) is 33.5 Å². The standard InChI is InChI=1S/C24H15Cl2N3O3/c1-31-22-17(25)10-14(11-18(22)26)13-27-29-23(21-12-15-6-2-5-9-20(15)32-21)28-19-8-4-3-7-16(19)24(29)30/h2-13H,1H3. The molecule has 5 rings (SSSR count). The van der Waals surface area contributed by atoms with Crippen LogP contribution in [0.3, 0.4) is 0 Å². The van der Waals surface area contributed by atoms with Crippen LogP contribution in [0.15, 0.2) is 81.0 Å². The second-order valence-corrected chi connectivity index (χ2v) is 7.79. The number of halogens is 2. The highest BCUT2D eigenvalue weighted by Crippen LogP contribution is 2.33. The smallest absolute Gasteiger partial charge is 0.282 e. The molecule has 0 bridgehead atoms.